The molecule has 2 rings (SSSR count). The van der Waals surface area contributed by atoms with E-state index in [2.05, 4.69) is 10.2 Å². The Morgan fingerprint density at radius 3 is 2.48 bits per heavy atom. The fraction of sp³-hybridized carbons (Fsp3) is 1.00. The number of hydrogen-bond donors (Lipinski definition) is 0. The summed E-state index contributed by atoms with van der Waals surface area (Å²) in [4.78, 5) is 8.53. The first-order valence-electron chi connectivity index (χ1n) is 8.20. The van der Waals surface area contributed by atoms with Crippen molar-refractivity contribution in [3.8, 4) is 0 Å². The first-order valence-corrected chi connectivity index (χ1v) is 8.20. The molecule has 1 aliphatic heterocycles. The van der Waals surface area contributed by atoms with Gasteiger partial charge in [0.05, 0.1) is 17.6 Å². The van der Waals surface area contributed by atoms with Crippen LogP contribution in [-0.2, 0) is 4.84 Å². The third-order valence-corrected chi connectivity index (χ3v) is 4.76. The minimum absolute atomic E-state index is 0.0525. The molecule has 1 saturated carbocycles. The summed E-state index contributed by atoms with van der Waals surface area (Å²) in [6.45, 7) is 7.87. The van der Waals surface area contributed by atoms with Crippen molar-refractivity contribution in [2.75, 3.05) is 20.1 Å². The van der Waals surface area contributed by atoms with Crippen LogP contribution in [0.4, 0.5) is 0 Å². The van der Waals surface area contributed by atoms with Gasteiger partial charge >= 0.3 is 0 Å². The molecule has 0 aromatic rings. The third-order valence-electron chi connectivity index (χ3n) is 4.76. The van der Waals surface area contributed by atoms with Crippen LogP contribution >= 0.6 is 0 Å². The molecule has 0 unspecified atom stereocenters. The maximum Gasteiger partial charge on any atom is 0.233 e. The lowest BCUT2D eigenvalue weighted by molar-refractivity contribution is -0.720. The van der Waals surface area contributed by atoms with Crippen molar-refractivity contribution >= 4 is 0 Å². The van der Waals surface area contributed by atoms with E-state index >= 15 is 0 Å². The van der Waals surface area contributed by atoms with Gasteiger partial charge < -0.3 is 10.0 Å². The zero-order valence-electron chi connectivity index (χ0n) is 13.9. The lowest BCUT2D eigenvalue weighted by Gasteiger charge is -2.30. The second-order valence-corrected chi connectivity index (χ2v) is 7.33. The van der Waals surface area contributed by atoms with Crippen molar-refractivity contribution in [1.82, 2.24) is 9.91 Å². The summed E-state index contributed by atoms with van der Waals surface area (Å²) in [5.74, 6) is 0. The molecule has 1 atom stereocenters. The van der Waals surface area contributed by atoms with Crippen LogP contribution in [0.25, 0.3) is 0 Å². The van der Waals surface area contributed by atoms with Crippen LogP contribution in [0.5, 0.6) is 0 Å². The highest BCUT2D eigenvalue weighted by atomic mass is 16.7. The summed E-state index contributed by atoms with van der Waals surface area (Å²) >= 11 is 0. The van der Waals surface area contributed by atoms with Crippen molar-refractivity contribution in [3.63, 3.8) is 0 Å². The van der Waals surface area contributed by atoms with Crippen LogP contribution < -0.4 is 0 Å². The Labute approximate surface area is 128 Å². The normalized spacial score (nSPS) is 26.1. The minimum atomic E-state index is -0.265. The molecule has 0 spiro atoms. The predicted octanol–water partition coefficient (Wildman–Crippen LogP) is 2.93. The molecule has 0 aromatic heterocycles. The smallest absolute Gasteiger partial charge is 0.233 e. The van der Waals surface area contributed by atoms with Crippen LogP contribution in [0.3, 0.4) is 0 Å². The average molecular weight is 298 g/mol. The van der Waals surface area contributed by atoms with E-state index in [0.717, 1.165) is 19.5 Å². The summed E-state index contributed by atoms with van der Waals surface area (Å²) in [6, 6.07) is 0.716. The van der Waals surface area contributed by atoms with E-state index < -0.39 is 0 Å². The number of hydrogen-bond acceptors (Lipinski definition) is 4. The highest BCUT2D eigenvalue weighted by Crippen LogP contribution is 2.26. The Morgan fingerprint density at radius 2 is 1.86 bits per heavy atom. The second kappa shape index (κ2) is 6.81. The largest absolute Gasteiger partial charge is 0.569 e. The van der Waals surface area contributed by atoms with E-state index in [1.165, 1.54) is 37.1 Å². The number of rotatable bonds is 4. The first kappa shape index (κ1) is 16.3. The Morgan fingerprint density at radius 1 is 1.19 bits per heavy atom. The van der Waals surface area contributed by atoms with Gasteiger partial charge in [-0.2, -0.15) is 0 Å². The number of hydrazine groups is 1. The van der Waals surface area contributed by atoms with E-state index in [4.69, 9.17) is 4.84 Å². The Kier molecular flexibility index (Phi) is 5.30. The maximum absolute atomic E-state index is 11.9. The van der Waals surface area contributed by atoms with Gasteiger partial charge in [-0.1, -0.05) is 19.3 Å². The van der Waals surface area contributed by atoms with Crippen LogP contribution in [0.15, 0.2) is 5.28 Å². The molecule has 2 aliphatic rings. The Hall–Kier alpha value is -1.04. The van der Waals surface area contributed by atoms with E-state index in [1.807, 2.05) is 20.8 Å². The van der Waals surface area contributed by atoms with Crippen molar-refractivity contribution in [2.24, 2.45) is 5.28 Å². The zero-order valence-corrected chi connectivity index (χ0v) is 13.9. The molecule has 0 N–H and O–H groups in total. The predicted molar refractivity (Wildman–Crippen MR) is 81.5 cm³/mol. The van der Waals surface area contributed by atoms with Gasteiger partial charge in [-0.15, -0.1) is 5.01 Å². The van der Waals surface area contributed by atoms with Crippen molar-refractivity contribution in [2.45, 2.75) is 77.0 Å². The molecule has 2 fully saturated rings. The van der Waals surface area contributed by atoms with Gasteiger partial charge in [0.2, 0.25) is 5.28 Å². The summed E-state index contributed by atoms with van der Waals surface area (Å²) in [6.07, 6.45) is 7.71. The van der Waals surface area contributed by atoms with Crippen molar-refractivity contribution < 1.29 is 9.81 Å². The van der Waals surface area contributed by atoms with Crippen LogP contribution in [0, 0.1) is 5.21 Å². The van der Waals surface area contributed by atoms with Crippen LogP contribution in [0.2, 0.25) is 0 Å². The molecule has 1 aliphatic carbocycles. The van der Waals surface area contributed by atoms with Crippen LogP contribution in [-0.4, -0.2) is 52.7 Å². The molecule has 1 saturated heterocycles. The number of nitrogens with zero attached hydrogens (tertiary/aromatic N) is 4. The van der Waals surface area contributed by atoms with Crippen LogP contribution in [0.1, 0.15) is 59.3 Å². The highest BCUT2D eigenvalue weighted by Gasteiger charge is 2.31. The molecule has 6 heteroatoms. The quantitative estimate of drug-likeness (QED) is 0.455. The topological polar surface area (TPSA) is 54.1 Å². The molecule has 21 heavy (non-hydrogen) atoms. The maximum atomic E-state index is 11.9. The lowest BCUT2D eigenvalue weighted by Crippen LogP contribution is -2.42. The standard InChI is InChI=1S/C15H30N4O2/c1-15(2,3)17(4)19(20)16-21-14-10-11-18(12-14)13-8-6-5-7-9-13/h13-14H,5-12H2,1-4H3/b19-16+/t14-/m1/s1. The molecule has 6 nitrogen and oxygen atoms in total. The summed E-state index contributed by atoms with van der Waals surface area (Å²) in [7, 11) is 1.73. The van der Waals surface area contributed by atoms with E-state index in [9.17, 15) is 5.21 Å². The molecule has 122 valence electrons. The van der Waals surface area contributed by atoms with Crippen molar-refractivity contribution in [3.05, 3.63) is 5.21 Å². The van der Waals surface area contributed by atoms with E-state index in [-0.39, 0.29) is 11.6 Å². The Bertz CT molecular complexity index is 361. The summed E-state index contributed by atoms with van der Waals surface area (Å²) in [5, 5.41) is 17.1. The molecular formula is C15H30N4O2. The van der Waals surface area contributed by atoms with Gasteiger partial charge in [-0.05, 0) is 33.6 Å². The van der Waals surface area contributed by atoms with Gasteiger partial charge in [0.1, 0.15) is 6.10 Å². The zero-order chi connectivity index (χ0) is 15.5. The fourth-order valence-corrected chi connectivity index (χ4v) is 3.04. The molecule has 1 heterocycles. The monoisotopic (exact) mass is 298 g/mol. The molecular weight excluding hydrogens is 268 g/mol. The lowest BCUT2D eigenvalue weighted by atomic mass is 9.94. The Balaban J connectivity index is 1.79. The van der Waals surface area contributed by atoms with Gasteiger partial charge in [-0.25, -0.2) is 0 Å². The summed E-state index contributed by atoms with van der Waals surface area (Å²) in [5.41, 5.74) is -0.265. The highest BCUT2D eigenvalue weighted by molar-refractivity contribution is 4.83. The molecule has 0 amide bonds. The van der Waals surface area contributed by atoms with E-state index in [1.54, 1.807) is 7.05 Å². The van der Waals surface area contributed by atoms with Crippen molar-refractivity contribution in [1.29, 1.82) is 0 Å². The first-order chi connectivity index (χ1) is 9.88. The third kappa shape index (κ3) is 4.46. The fourth-order valence-electron chi connectivity index (χ4n) is 3.04. The average Bonchev–Trinajstić information content (AvgIpc) is 2.93. The minimum Gasteiger partial charge on any atom is -0.569 e. The molecule has 0 radical (unpaired) electrons. The molecule has 0 bridgehead atoms. The second-order valence-electron chi connectivity index (χ2n) is 7.33. The number of likely N-dealkylation sites (tertiary alicyclic amines) is 1. The van der Waals surface area contributed by atoms with Gasteiger partial charge in [0.15, 0.2) is 0 Å². The SMILES string of the molecule is CN(/[N+]([O-])=N\O[C@@H]1CCN(C2CCCCC2)C1)C(C)(C)C. The summed E-state index contributed by atoms with van der Waals surface area (Å²) < 4.78 is 0. The van der Waals surface area contributed by atoms with Gasteiger partial charge in [0.25, 0.3) is 0 Å². The van der Waals surface area contributed by atoms with E-state index in [0.29, 0.717) is 11.0 Å². The molecule has 0 aromatic carbocycles. The van der Waals surface area contributed by atoms with Gasteiger partial charge in [-0.3, -0.25) is 4.90 Å². The van der Waals surface area contributed by atoms with Gasteiger partial charge in [0, 0.05) is 25.6 Å².